The van der Waals surface area contributed by atoms with Gasteiger partial charge in [-0.3, -0.25) is 4.79 Å². The molecule has 5 rings (SSSR count). The Morgan fingerprint density at radius 2 is 2.20 bits per heavy atom. The molecule has 0 amide bonds. The van der Waals surface area contributed by atoms with Crippen molar-refractivity contribution in [3.63, 3.8) is 0 Å². The number of carboxylic acid groups (broad SMARTS) is 1. The standard InChI is InChI=1S/C18H20FN3O3/c1-2-21-9-13(18(24)25)17(23)12-5-14(19)16(6-15(12)21)22-8-10-3-4-11(22)7-20-10/h5-6,9-11,20H,2-4,7-8H2,1H3,(H,24,25). The van der Waals surface area contributed by atoms with Gasteiger partial charge in [-0.05, 0) is 31.9 Å². The van der Waals surface area contributed by atoms with Crippen LogP contribution in [0.3, 0.4) is 0 Å². The van der Waals surface area contributed by atoms with Gasteiger partial charge in [0, 0.05) is 43.3 Å². The fraction of sp³-hybridized carbons (Fsp3) is 0.444. The van der Waals surface area contributed by atoms with E-state index in [-0.39, 0.29) is 17.0 Å². The molecule has 3 fully saturated rings. The number of piperazine rings is 1. The normalized spacial score (nSPS) is 22.6. The Balaban J connectivity index is 1.91. The molecule has 132 valence electrons. The highest BCUT2D eigenvalue weighted by Crippen LogP contribution is 2.32. The molecule has 6 nitrogen and oxygen atoms in total. The molecule has 0 saturated carbocycles. The van der Waals surface area contributed by atoms with Crippen molar-refractivity contribution in [2.45, 2.75) is 38.4 Å². The van der Waals surface area contributed by atoms with Gasteiger partial charge in [-0.2, -0.15) is 0 Å². The highest BCUT2D eigenvalue weighted by molar-refractivity contribution is 5.93. The molecule has 0 spiro atoms. The Morgan fingerprint density at radius 1 is 1.40 bits per heavy atom. The lowest BCUT2D eigenvalue weighted by Crippen LogP contribution is -2.61. The molecule has 4 heterocycles. The van der Waals surface area contributed by atoms with Crippen LogP contribution in [-0.4, -0.2) is 40.8 Å². The number of carboxylic acids is 1. The van der Waals surface area contributed by atoms with Gasteiger partial charge >= 0.3 is 5.97 Å². The second-order valence-corrected chi connectivity index (χ2v) is 6.77. The van der Waals surface area contributed by atoms with E-state index in [1.807, 2.05) is 6.92 Å². The summed E-state index contributed by atoms with van der Waals surface area (Å²) < 4.78 is 16.5. The molecule has 2 aromatic rings. The Hall–Kier alpha value is -2.41. The summed E-state index contributed by atoms with van der Waals surface area (Å²) in [6.07, 6.45) is 3.46. The molecule has 2 unspecified atom stereocenters. The summed E-state index contributed by atoms with van der Waals surface area (Å²) in [5.41, 5.74) is 0.0962. The van der Waals surface area contributed by atoms with Crippen molar-refractivity contribution < 1.29 is 14.3 Å². The summed E-state index contributed by atoms with van der Waals surface area (Å²) in [7, 11) is 0. The maximum atomic E-state index is 14.8. The van der Waals surface area contributed by atoms with E-state index in [4.69, 9.17) is 0 Å². The molecular weight excluding hydrogens is 325 g/mol. The predicted molar refractivity (Wildman–Crippen MR) is 93.0 cm³/mol. The van der Waals surface area contributed by atoms with Crippen molar-refractivity contribution in [2.75, 3.05) is 18.0 Å². The van der Waals surface area contributed by atoms with Crippen molar-refractivity contribution in [2.24, 2.45) is 0 Å². The number of piperidine rings is 2. The number of aromatic nitrogens is 1. The Morgan fingerprint density at radius 3 is 2.76 bits per heavy atom. The van der Waals surface area contributed by atoms with E-state index in [2.05, 4.69) is 10.2 Å². The minimum Gasteiger partial charge on any atom is -0.477 e. The van der Waals surface area contributed by atoms with Crippen molar-refractivity contribution in [1.82, 2.24) is 9.88 Å². The summed E-state index contributed by atoms with van der Waals surface area (Å²) in [6, 6.07) is 3.50. The van der Waals surface area contributed by atoms with Crippen LogP contribution in [0.25, 0.3) is 10.9 Å². The number of anilines is 1. The second-order valence-electron chi connectivity index (χ2n) is 6.77. The van der Waals surface area contributed by atoms with Gasteiger partial charge in [-0.1, -0.05) is 0 Å². The van der Waals surface area contributed by atoms with Crippen molar-refractivity contribution in [1.29, 1.82) is 0 Å². The molecule has 2 bridgehead atoms. The molecule has 3 aliphatic heterocycles. The third-order valence-corrected chi connectivity index (χ3v) is 5.38. The molecule has 1 aromatic heterocycles. The number of hydrogen-bond donors (Lipinski definition) is 2. The van der Waals surface area contributed by atoms with Gasteiger partial charge in [0.25, 0.3) is 0 Å². The van der Waals surface area contributed by atoms with Crippen LogP contribution in [0.15, 0.2) is 23.1 Å². The number of nitrogens with one attached hydrogen (secondary N) is 1. The number of aromatic carboxylic acids is 1. The predicted octanol–water partition coefficient (Wildman–Crippen LogP) is 1.80. The van der Waals surface area contributed by atoms with Gasteiger partial charge < -0.3 is 19.9 Å². The van der Waals surface area contributed by atoms with Crippen LogP contribution < -0.4 is 15.6 Å². The summed E-state index contributed by atoms with van der Waals surface area (Å²) in [6.45, 7) is 3.94. The van der Waals surface area contributed by atoms with Gasteiger partial charge in [-0.15, -0.1) is 0 Å². The van der Waals surface area contributed by atoms with E-state index in [0.717, 1.165) is 25.9 Å². The lowest BCUT2D eigenvalue weighted by Gasteiger charge is -2.47. The topological polar surface area (TPSA) is 74.6 Å². The minimum atomic E-state index is -1.29. The largest absolute Gasteiger partial charge is 0.477 e. The number of fused-ring (bicyclic) bond motifs is 4. The fourth-order valence-electron chi connectivity index (χ4n) is 4.04. The molecule has 3 saturated heterocycles. The number of aryl methyl sites for hydroxylation is 1. The van der Waals surface area contributed by atoms with Crippen molar-refractivity contribution in [3.05, 3.63) is 39.9 Å². The molecule has 3 aliphatic rings. The molecule has 7 heteroatoms. The third kappa shape index (κ3) is 2.50. The van der Waals surface area contributed by atoms with Crippen LogP contribution in [0.5, 0.6) is 0 Å². The Bertz CT molecular complexity index is 916. The summed E-state index contributed by atoms with van der Waals surface area (Å²) in [4.78, 5) is 25.8. The Kier molecular flexibility index (Phi) is 3.76. The van der Waals surface area contributed by atoms with E-state index in [1.165, 1.54) is 12.3 Å². The van der Waals surface area contributed by atoms with Gasteiger partial charge in [0.2, 0.25) is 5.43 Å². The number of pyridine rings is 1. The quantitative estimate of drug-likeness (QED) is 0.887. The first-order chi connectivity index (χ1) is 12.0. The molecular formula is C18H20FN3O3. The minimum absolute atomic E-state index is 0.114. The van der Waals surface area contributed by atoms with E-state index >= 15 is 0 Å². The molecule has 2 N–H and O–H groups in total. The fourth-order valence-corrected chi connectivity index (χ4v) is 4.04. The smallest absolute Gasteiger partial charge is 0.341 e. The number of rotatable bonds is 3. The summed E-state index contributed by atoms with van der Waals surface area (Å²) in [5.74, 6) is -1.76. The third-order valence-electron chi connectivity index (χ3n) is 5.38. The monoisotopic (exact) mass is 345 g/mol. The number of benzene rings is 1. The van der Waals surface area contributed by atoms with Gasteiger partial charge in [0.1, 0.15) is 11.4 Å². The highest BCUT2D eigenvalue weighted by atomic mass is 19.1. The Labute approximate surface area is 143 Å². The van der Waals surface area contributed by atoms with Crippen LogP contribution in [0.4, 0.5) is 10.1 Å². The number of nitrogens with zero attached hydrogens (tertiary/aromatic N) is 2. The maximum absolute atomic E-state index is 14.8. The lowest BCUT2D eigenvalue weighted by atomic mass is 9.92. The molecule has 25 heavy (non-hydrogen) atoms. The highest BCUT2D eigenvalue weighted by Gasteiger charge is 2.34. The van der Waals surface area contributed by atoms with E-state index < -0.39 is 17.2 Å². The van der Waals surface area contributed by atoms with E-state index in [0.29, 0.717) is 23.8 Å². The lowest BCUT2D eigenvalue weighted by molar-refractivity contribution is 0.0695. The van der Waals surface area contributed by atoms with Crippen LogP contribution in [0, 0.1) is 5.82 Å². The average Bonchev–Trinajstić information content (AvgIpc) is 2.62. The van der Waals surface area contributed by atoms with Crippen molar-refractivity contribution >= 4 is 22.6 Å². The van der Waals surface area contributed by atoms with Crippen LogP contribution in [0.1, 0.15) is 30.1 Å². The molecule has 0 aliphatic carbocycles. The van der Waals surface area contributed by atoms with E-state index in [1.54, 1.807) is 10.6 Å². The second kappa shape index (κ2) is 5.84. The van der Waals surface area contributed by atoms with Gasteiger partial charge in [0.15, 0.2) is 0 Å². The number of carbonyl (C=O) groups is 1. The number of halogens is 1. The first-order valence-electron chi connectivity index (χ1n) is 8.59. The first-order valence-corrected chi connectivity index (χ1v) is 8.59. The van der Waals surface area contributed by atoms with Crippen LogP contribution >= 0.6 is 0 Å². The average molecular weight is 345 g/mol. The summed E-state index contributed by atoms with van der Waals surface area (Å²) >= 11 is 0. The SMILES string of the molecule is CCn1cc(C(=O)O)c(=O)c2cc(F)c(N3CC4CCC3CN4)cc21. The summed E-state index contributed by atoms with van der Waals surface area (Å²) in [5, 5.41) is 12.8. The molecule has 0 radical (unpaired) electrons. The molecule has 1 aromatic carbocycles. The van der Waals surface area contributed by atoms with Gasteiger partial charge in [-0.25, -0.2) is 9.18 Å². The van der Waals surface area contributed by atoms with Gasteiger partial charge in [0.05, 0.1) is 11.2 Å². The number of hydrogen-bond acceptors (Lipinski definition) is 4. The first kappa shape index (κ1) is 16.1. The van der Waals surface area contributed by atoms with Crippen LogP contribution in [0.2, 0.25) is 0 Å². The zero-order chi connectivity index (χ0) is 17.7. The van der Waals surface area contributed by atoms with Crippen LogP contribution in [-0.2, 0) is 6.54 Å². The zero-order valence-corrected chi connectivity index (χ0v) is 14.0. The van der Waals surface area contributed by atoms with E-state index in [9.17, 15) is 19.1 Å². The van der Waals surface area contributed by atoms with Crippen molar-refractivity contribution in [3.8, 4) is 0 Å². The molecule has 2 atom stereocenters. The maximum Gasteiger partial charge on any atom is 0.341 e. The zero-order valence-electron chi connectivity index (χ0n) is 14.0.